The van der Waals surface area contributed by atoms with Crippen molar-refractivity contribution in [2.75, 3.05) is 12.3 Å². The molecule has 2 aromatic carbocycles. The van der Waals surface area contributed by atoms with E-state index >= 15 is 0 Å². The molecule has 0 aliphatic carbocycles. The maximum Gasteiger partial charge on any atom is 0.145 e. The van der Waals surface area contributed by atoms with Crippen molar-refractivity contribution in [1.29, 1.82) is 0 Å². The van der Waals surface area contributed by atoms with Crippen molar-refractivity contribution in [2.45, 2.75) is 26.2 Å². The van der Waals surface area contributed by atoms with E-state index in [2.05, 4.69) is 24.3 Å². The number of ether oxygens (including phenoxy) is 1. The number of aryl methyl sites for hydroxylation is 2. The fourth-order valence-corrected chi connectivity index (χ4v) is 2.12. The van der Waals surface area contributed by atoms with E-state index in [1.165, 1.54) is 5.56 Å². The first-order valence-corrected chi connectivity index (χ1v) is 6.79. The molecule has 0 aliphatic rings. The molecule has 0 spiro atoms. The summed E-state index contributed by atoms with van der Waals surface area (Å²) in [7, 11) is 0. The number of hydrogen-bond acceptors (Lipinski definition) is 2. The lowest BCUT2D eigenvalue weighted by Crippen LogP contribution is -2.02. The SMILES string of the molecule is Cc1cccc(N)c1OCCCCc1ccccc1. The van der Waals surface area contributed by atoms with Gasteiger partial charge in [0.25, 0.3) is 0 Å². The number of benzene rings is 2. The van der Waals surface area contributed by atoms with Gasteiger partial charge in [-0.2, -0.15) is 0 Å². The van der Waals surface area contributed by atoms with Crippen LogP contribution < -0.4 is 10.5 Å². The van der Waals surface area contributed by atoms with Crippen molar-refractivity contribution in [1.82, 2.24) is 0 Å². The van der Waals surface area contributed by atoms with Gasteiger partial charge in [0.05, 0.1) is 12.3 Å². The second kappa shape index (κ2) is 6.83. The van der Waals surface area contributed by atoms with E-state index in [-0.39, 0.29) is 0 Å². The summed E-state index contributed by atoms with van der Waals surface area (Å²) in [5, 5.41) is 0. The first-order valence-electron chi connectivity index (χ1n) is 6.79. The van der Waals surface area contributed by atoms with E-state index in [0.717, 1.165) is 42.9 Å². The van der Waals surface area contributed by atoms with Gasteiger partial charge in [0.1, 0.15) is 5.75 Å². The van der Waals surface area contributed by atoms with E-state index in [0.29, 0.717) is 0 Å². The predicted molar refractivity (Wildman–Crippen MR) is 80.5 cm³/mol. The lowest BCUT2D eigenvalue weighted by atomic mass is 10.1. The number of para-hydroxylation sites is 1. The normalized spacial score (nSPS) is 10.4. The molecule has 0 bridgehead atoms. The van der Waals surface area contributed by atoms with Crippen molar-refractivity contribution >= 4 is 5.69 Å². The quantitative estimate of drug-likeness (QED) is 0.626. The highest BCUT2D eigenvalue weighted by Crippen LogP contribution is 2.25. The summed E-state index contributed by atoms with van der Waals surface area (Å²) >= 11 is 0. The molecule has 2 nitrogen and oxygen atoms in total. The molecular weight excluding hydrogens is 234 g/mol. The van der Waals surface area contributed by atoms with Crippen LogP contribution in [0.3, 0.4) is 0 Å². The van der Waals surface area contributed by atoms with E-state index < -0.39 is 0 Å². The zero-order valence-corrected chi connectivity index (χ0v) is 11.4. The molecular formula is C17H21NO. The Bertz CT molecular complexity index is 488. The first-order chi connectivity index (χ1) is 9.27. The van der Waals surface area contributed by atoms with E-state index in [4.69, 9.17) is 10.5 Å². The van der Waals surface area contributed by atoms with E-state index in [1.54, 1.807) is 0 Å². The van der Waals surface area contributed by atoms with Gasteiger partial charge in [-0.15, -0.1) is 0 Å². The van der Waals surface area contributed by atoms with Crippen molar-refractivity contribution in [3.63, 3.8) is 0 Å². The fraction of sp³-hybridized carbons (Fsp3) is 0.294. The molecule has 19 heavy (non-hydrogen) atoms. The first kappa shape index (κ1) is 13.5. The van der Waals surface area contributed by atoms with E-state index in [1.807, 2.05) is 31.2 Å². The summed E-state index contributed by atoms with van der Waals surface area (Å²) in [4.78, 5) is 0. The Morgan fingerprint density at radius 3 is 2.47 bits per heavy atom. The molecule has 0 amide bonds. The molecule has 2 N–H and O–H groups in total. The Labute approximate surface area is 115 Å². The number of unbranched alkanes of at least 4 members (excludes halogenated alkanes) is 1. The minimum absolute atomic E-state index is 0.724. The zero-order chi connectivity index (χ0) is 13.5. The van der Waals surface area contributed by atoms with Gasteiger partial charge in [-0.1, -0.05) is 42.5 Å². The third kappa shape index (κ3) is 4.02. The summed E-state index contributed by atoms with van der Waals surface area (Å²) in [6, 6.07) is 16.4. The predicted octanol–water partition coefficient (Wildman–Crippen LogP) is 3.98. The number of nitrogens with two attached hydrogens (primary N) is 1. The molecule has 0 aliphatic heterocycles. The van der Waals surface area contributed by atoms with E-state index in [9.17, 15) is 0 Å². The Hall–Kier alpha value is -1.96. The topological polar surface area (TPSA) is 35.2 Å². The Balaban J connectivity index is 1.73. The molecule has 0 saturated carbocycles. The highest BCUT2D eigenvalue weighted by molar-refractivity contribution is 5.56. The van der Waals surface area contributed by atoms with Crippen LogP contribution in [0.1, 0.15) is 24.0 Å². The maximum absolute atomic E-state index is 5.90. The lowest BCUT2D eigenvalue weighted by Gasteiger charge is -2.11. The van der Waals surface area contributed by atoms with Crippen LogP contribution in [-0.2, 0) is 6.42 Å². The van der Waals surface area contributed by atoms with Gasteiger partial charge in [0.15, 0.2) is 0 Å². The second-order valence-electron chi connectivity index (χ2n) is 4.78. The van der Waals surface area contributed by atoms with Gasteiger partial charge in [-0.3, -0.25) is 0 Å². The third-order valence-electron chi connectivity index (χ3n) is 3.19. The van der Waals surface area contributed by atoms with Crippen LogP contribution in [0.4, 0.5) is 5.69 Å². The van der Waals surface area contributed by atoms with Gasteiger partial charge in [-0.25, -0.2) is 0 Å². The van der Waals surface area contributed by atoms with Crippen molar-refractivity contribution < 1.29 is 4.74 Å². The van der Waals surface area contributed by atoms with Crippen LogP contribution in [0.5, 0.6) is 5.75 Å². The van der Waals surface area contributed by atoms with Gasteiger partial charge >= 0.3 is 0 Å². The monoisotopic (exact) mass is 255 g/mol. The molecule has 0 heterocycles. The smallest absolute Gasteiger partial charge is 0.145 e. The molecule has 0 fully saturated rings. The Kier molecular flexibility index (Phi) is 4.85. The molecule has 0 atom stereocenters. The van der Waals surface area contributed by atoms with Gasteiger partial charge < -0.3 is 10.5 Å². The molecule has 2 rings (SSSR count). The number of rotatable bonds is 6. The summed E-state index contributed by atoms with van der Waals surface area (Å²) in [6.07, 6.45) is 3.28. The van der Waals surface area contributed by atoms with Crippen molar-refractivity contribution in [2.24, 2.45) is 0 Å². The number of anilines is 1. The summed E-state index contributed by atoms with van der Waals surface area (Å²) < 4.78 is 5.78. The molecule has 100 valence electrons. The minimum Gasteiger partial charge on any atom is -0.491 e. The summed E-state index contributed by atoms with van der Waals surface area (Å²) in [6.45, 7) is 2.75. The van der Waals surface area contributed by atoms with Crippen LogP contribution in [0, 0.1) is 6.92 Å². The average molecular weight is 255 g/mol. The largest absolute Gasteiger partial charge is 0.491 e. The Morgan fingerprint density at radius 1 is 0.947 bits per heavy atom. The molecule has 2 heteroatoms. The number of nitrogen functional groups attached to an aromatic ring is 1. The van der Waals surface area contributed by atoms with Crippen molar-refractivity contribution in [3.05, 3.63) is 59.7 Å². The van der Waals surface area contributed by atoms with Crippen LogP contribution in [0.2, 0.25) is 0 Å². The van der Waals surface area contributed by atoms with Gasteiger partial charge in [0, 0.05) is 0 Å². The zero-order valence-electron chi connectivity index (χ0n) is 11.4. The van der Waals surface area contributed by atoms with Crippen molar-refractivity contribution in [3.8, 4) is 5.75 Å². The van der Waals surface area contributed by atoms with Crippen LogP contribution in [0.15, 0.2) is 48.5 Å². The number of hydrogen-bond donors (Lipinski definition) is 1. The average Bonchev–Trinajstić information content (AvgIpc) is 2.42. The lowest BCUT2D eigenvalue weighted by molar-refractivity contribution is 0.306. The fourth-order valence-electron chi connectivity index (χ4n) is 2.12. The highest BCUT2D eigenvalue weighted by Gasteiger charge is 2.03. The minimum atomic E-state index is 0.724. The third-order valence-corrected chi connectivity index (χ3v) is 3.19. The summed E-state index contributed by atoms with van der Waals surface area (Å²) in [5.41, 5.74) is 9.11. The molecule has 0 radical (unpaired) electrons. The molecule has 2 aromatic rings. The highest BCUT2D eigenvalue weighted by atomic mass is 16.5. The van der Waals surface area contributed by atoms with Gasteiger partial charge in [0.2, 0.25) is 0 Å². The standard InChI is InChI=1S/C17H21NO/c1-14-8-7-12-16(18)17(14)19-13-6-5-11-15-9-3-2-4-10-15/h2-4,7-10,12H,5-6,11,13,18H2,1H3. The maximum atomic E-state index is 5.90. The molecule has 0 aromatic heterocycles. The Morgan fingerprint density at radius 2 is 1.74 bits per heavy atom. The molecule has 0 saturated heterocycles. The van der Waals surface area contributed by atoms with Crippen LogP contribution >= 0.6 is 0 Å². The second-order valence-corrected chi connectivity index (χ2v) is 4.78. The van der Waals surface area contributed by atoms with Crippen LogP contribution in [-0.4, -0.2) is 6.61 Å². The van der Waals surface area contributed by atoms with Gasteiger partial charge in [-0.05, 0) is 43.4 Å². The summed E-state index contributed by atoms with van der Waals surface area (Å²) in [5.74, 6) is 0.835. The molecule has 0 unspecified atom stereocenters. The van der Waals surface area contributed by atoms with Crippen LogP contribution in [0.25, 0.3) is 0 Å².